The van der Waals surface area contributed by atoms with Crippen LogP contribution in [0.4, 0.5) is 4.39 Å². The van der Waals surface area contributed by atoms with Crippen molar-refractivity contribution >= 4 is 11.0 Å². The molecule has 0 aliphatic carbocycles. The Bertz CT molecular complexity index is 600. The summed E-state index contributed by atoms with van der Waals surface area (Å²) in [6.07, 6.45) is -0.531. The molecule has 0 aliphatic rings. The monoisotopic (exact) mass is 295 g/mol. The van der Waals surface area contributed by atoms with Crippen LogP contribution in [0.3, 0.4) is 0 Å². The molecule has 0 saturated carbocycles. The summed E-state index contributed by atoms with van der Waals surface area (Å²) in [5, 5.41) is 9.76. The summed E-state index contributed by atoms with van der Waals surface area (Å²) in [4.78, 5) is 6.49. The molecule has 1 aromatic carbocycles. The van der Waals surface area contributed by atoms with E-state index in [0.717, 1.165) is 17.9 Å². The van der Waals surface area contributed by atoms with Gasteiger partial charge in [-0.15, -0.1) is 0 Å². The summed E-state index contributed by atoms with van der Waals surface area (Å²) in [6.45, 7) is 4.19. The number of imidazole rings is 1. The zero-order valence-electron chi connectivity index (χ0n) is 12.7. The molecule has 1 aromatic heterocycles. The van der Waals surface area contributed by atoms with Crippen LogP contribution in [0, 0.1) is 5.82 Å². The molecule has 0 bridgehead atoms. The predicted octanol–water partition coefficient (Wildman–Crippen LogP) is 1.63. The topological polar surface area (TPSA) is 50.5 Å². The van der Waals surface area contributed by atoms with E-state index in [1.165, 1.54) is 12.1 Å². The molecule has 116 valence electrons. The lowest BCUT2D eigenvalue weighted by Gasteiger charge is -2.20. The fourth-order valence-electron chi connectivity index (χ4n) is 2.54. The van der Waals surface area contributed by atoms with E-state index in [4.69, 9.17) is 4.74 Å². The largest absolute Gasteiger partial charge is 0.389 e. The molecule has 0 spiro atoms. The quantitative estimate of drug-likeness (QED) is 0.843. The molecule has 1 N–H and O–H groups in total. The van der Waals surface area contributed by atoms with Crippen molar-refractivity contribution in [3.05, 3.63) is 29.8 Å². The highest BCUT2D eigenvalue weighted by molar-refractivity contribution is 5.76. The number of ether oxygens (including phenoxy) is 1. The SMILES string of the molecule is CCn1c(CN(C)CC(O)COC)nc2cc(F)ccc21. The summed E-state index contributed by atoms with van der Waals surface area (Å²) >= 11 is 0. The molecule has 1 heterocycles. The summed E-state index contributed by atoms with van der Waals surface area (Å²) in [6, 6.07) is 4.65. The molecule has 5 nitrogen and oxygen atoms in total. The van der Waals surface area contributed by atoms with Crippen molar-refractivity contribution in [2.45, 2.75) is 26.1 Å². The molecule has 0 amide bonds. The lowest BCUT2D eigenvalue weighted by molar-refractivity contribution is 0.0413. The van der Waals surface area contributed by atoms with E-state index in [9.17, 15) is 9.50 Å². The van der Waals surface area contributed by atoms with Crippen molar-refractivity contribution in [3.63, 3.8) is 0 Å². The maximum absolute atomic E-state index is 13.3. The first-order valence-electron chi connectivity index (χ1n) is 7.05. The van der Waals surface area contributed by atoms with Crippen LogP contribution in [0.5, 0.6) is 0 Å². The van der Waals surface area contributed by atoms with E-state index in [0.29, 0.717) is 25.2 Å². The number of methoxy groups -OCH3 is 1. The number of hydrogen-bond acceptors (Lipinski definition) is 4. The number of likely N-dealkylation sites (N-methyl/N-ethyl adjacent to an activating group) is 1. The highest BCUT2D eigenvalue weighted by atomic mass is 19.1. The number of rotatable bonds is 7. The maximum Gasteiger partial charge on any atom is 0.125 e. The number of aromatic nitrogens is 2. The standard InChI is InChI=1S/C15H22FN3O2/c1-4-19-14-6-5-11(16)7-13(14)17-15(19)9-18(2)8-12(20)10-21-3/h5-7,12,20H,4,8-10H2,1-3H3. The minimum absolute atomic E-state index is 0.279. The zero-order chi connectivity index (χ0) is 15.4. The fraction of sp³-hybridized carbons (Fsp3) is 0.533. The van der Waals surface area contributed by atoms with E-state index in [1.807, 2.05) is 18.9 Å². The molecule has 2 aromatic rings. The van der Waals surface area contributed by atoms with Crippen LogP contribution in [0.1, 0.15) is 12.7 Å². The summed E-state index contributed by atoms with van der Waals surface area (Å²) in [5.74, 6) is 0.587. The molecule has 1 atom stereocenters. The van der Waals surface area contributed by atoms with Gasteiger partial charge in [0.15, 0.2) is 0 Å². The van der Waals surface area contributed by atoms with Crippen molar-refractivity contribution in [1.29, 1.82) is 0 Å². The molecule has 0 radical (unpaired) electrons. The molecular formula is C15H22FN3O2. The van der Waals surface area contributed by atoms with E-state index in [2.05, 4.69) is 9.55 Å². The van der Waals surface area contributed by atoms with Crippen LogP contribution in [-0.4, -0.2) is 53.0 Å². The normalized spacial score (nSPS) is 13.2. The number of aliphatic hydroxyl groups excluding tert-OH is 1. The van der Waals surface area contributed by atoms with Gasteiger partial charge in [-0.2, -0.15) is 0 Å². The molecule has 6 heteroatoms. The van der Waals surface area contributed by atoms with Crippen LogP contribution in [0.25, 0.3) is 11.0 Å². The molecule has 1 unspecified atom stereocenters. The Morgan fingerprint density at radius 1 is 1.48 bits per heavy atom. The lowest BCUT2D eigenvalue weighted by Crippen LogP contribution is -2.32. The maximum atomic E-state index is 13.3. The van der Waals surface area contributed by atoms with Crippen LogP contribution in [0.2, 0.25) is 0 Å². The van der Waals surface area contributed by atoms with Crippen LogP contribution in [-0.2, 0) is 17.8 Å². The lowest BCUT2D eigenvalue weighted by atomic mass is 10.3. The molecule has 0 aliphatic heterocycles. The first-order chi connectivity index (χ1) is 10.0. The van der Waals surface area contributed by atoms with Gasteiger partial charge in [0.2, 0.25) is 0 Å². The fourth-order valence-corrected chi connectivity index (χ4v) is 2.54. The molecule has 0 fully saturated rings. The highest BCUT2D eigenvalue weighted by Crippen LogP contribution is 2.18. The molecule has 0 saturated heterocycles. The highest BCUT2D eigenvalue weighted by Gasteiger charge is 2.14. The minimum atomic E-state index is -0.531. The summed E-state index contributed by atoms with van der Waals surface area (Å²) < 4.78 is 20.3. The molecule has 21 heavy (non-hydrogen) atoms. The van der Waals surface area contributed by atoms with Crippen molar-refractivity contribution in [3.8, 4) is 0 Å². The minimum Gasteiger partial charge on any atom is -0.389 e. The smallest absolute Gasteiger partial charge is 0.125 e. The van der Waals surface area contributed by atoms with Crippen LogP contribution in [0.15, 0.2) is 18.2 Å². The first-order valence-corrected chi connectivity index (χ1v) is 7.05. The van der Waals surface area contributed by atoms with E-state index in [-0.39, 0.29) is 5.82 Å². The van der Waals surface area contributed by atoms with Gasteiger partial charge in [-0.05, 0) is 26.1 Å². The van der Waals surface area contributed by atoms with Gasteiger partial charge in [0.25, 0.3) is 0 Å². The van der Waals surface area contributed by atoms with Crippen molar-refractivity contribution < 1.29 is 14.2 Å². The van der Waals surface area contributed by atoms with Gasteiger partial charge in [0.1, 0.15) is 11.6 Å². The van der Waals surface area contributed by atoms with Crippen LogP contribution < -0.4 is 0 Å². The van der Waals surface area contributed by atoms with E-state index < -0.39 is 6.10 Å². The number of aliphatic hydroxyl groups is 1. The number of halogens is 1. The summed E-state index contributed by atoms with van der Waals surface area (Å²) in [5.41, 5.74) is 1.59. The van der Waals surface area contributed by atoms with Crippen molar-refractivity contribution in [1.82, 2.24) is 14.5 Å². The van der Waals surface area contributed by atoms with E-state index >= 15 is 0 Å². The third-order valence-electron chi connectivity index (χ3n) is 3.40. The first kappa shape index (κ1) is 15.9. The number of fused-ring (bicyclic) bond motifs is 1. The predicted molar refractivity (Wildman–Crippen MR) is 79.6 cm³/mol. The molecule has 2 rings (SSSR count). The Kier molecular flexibility index (Phi) is 5.27. The van der Waals surface area contributed by atoms with Gasteiger partial charge >= 0.3 is 0 Å². The Morgan fingerprint density at radius 2 is 2.24 bits per heavy atom. The van der Waals surface area contributed by atoms with Gasteiger partial charge in [-0.3, -0.25) is 4.90 Å². The van der Waals surface area contributed by atoms with Crippen LogP contribution >= 0.6 is 0 Å². The van der Waals surface area contributed by atoms with E-state index in [1.54, 1.807) is 13.2 Å². The van der Waals surface area contributed by atoms with Gasteiger partial charge < -0.3 is 14.4 Å². The number of nitrogens with zero attached hydrogens (tertiary/aromatic N) is 3. The summed E-state index contributed by atoms with van der Waals surface area (Å²) in [7, 11) is 3.48. The van der Waals surface area contributed by atoms with Crippen molar-refractivity contribution in [2.24, 2.45) is 0 Å². The average molecular weight is 295 g/mol. The Balaban J connectivity index is 2.17. The van der Waals surface area contributed by atoms with Gasteiger partial charge in [0.05, 0.1) is 30.3 Å². The Hall–Kier alpha value is -1.50. The van der Waals surface area contributed by atoms with Gasteiger partial charge in [-0.1, -0.05) is 0 Å². The number of hydrogen-bond donors (Lipinski definition) is 1. The Morgan fingerprint density at radius 3 is 2.90 bits per heavy atom. The second-order valence-electron chi connectivity index (χ2n) is 5.21. The molecular weight excluding hydrogens is 273 g/mol. The third kappa shape index (κ3) is 3.78. The Labute approximate surface area is 124 Å². The van der Waals surface area contributed by atoms with Gasteiger partial charge in [-0.25, -0.2) is 9.37 Å². The average Bonchev–Trinajstić information content (AvgIpc) is 2.74. The number of benzene rings is 1. The van der Waals surface area contributed by atoms with Crippen molar-refractivity contribution in [2.75, 3.05) is 27.3 Å². The van der Waals surface area contributed by atoms with Gasteiger partial charge in [0, 0.05) is 26.3 Å². The second kappa shape index (κ2) is 6.98. The number of aryl methyl sites for hydroxylation is 1. The third-order valence-corrected chi connectivity index (χ3v) is 3.40. The second-order valence-corrected chi connectivity index (χ2v) is 5.21. The zero-order valence-corrected chi connectivity index (χ0v) is 12.7.